The lowest BCUT2D eigenvalue weighted by molar-refractivity contribution is -0.00340. The van der Waals surface area contributed by atoms with Gasteiger partial charge in [0.15, 0.2) is 0 Å². The summed E-state index contributed by atoms with van der Waals surface area (Å²) >= 11 is 0. The van der Waals surface area contributed by atoms with E-state index in [4.69, 9.17) is 5.73 Å². The average Bonchev–Trinajstić information content (AvgIpc) is 2.29. The molecule has 1 atom stereocenters. The predicted molar refractivity (Wildman–Crippen MR) is 72.7 cm³/mol. The first-order valence-electron chi connectivity index (χ1n) is 6.61. The van der Waals surface area contributed by atoms with Crippen molar-refractivity contribution >= 4 is 0 Å². The van der Waals surface area contributed by atoms with Crippen LogP contribution in [0.1, 0.15) is 32.3 Å². The Morgan fingerprint density at radius 3 is 2.47 bits per heavy atom. The summed E-state index contributed by atoms with van der Waals surface area (Å²) in [4.78, 5) is 2.55. The van der Waals surface area contributed by atoms with Crippen molar-refractivity contribution in [2.45, 2.75) is 39.3 Å². The van der Waals surface area contributed by atoms with Crippen LogP contribution in [-0.2, 0) is 6.54 Å². The normalized spacial score (nSPS) is 22.5. The Morgan fingerprint density at radius 2 is 2.00 bits per heavy atom. The molecule has 0 saturated heterocycles. The molecule has 2 heteroatoms. The van der Waals surface area contributed by atoms with E-state index in [1.54, 1.807) is 0 Å². The van der Waals surface area contributed by atoms with Gasteiger partial charge < -0.3 is 5.73 Å². The van der Waals surface area contributed by atoms with Crippen molar-refractivity contribution in [3.8, 4) is 0 Å². The van der Waals surface area contributed by atoms with Gasteiger partial charge in [-0.15, -0.1) is 0 Å². The van der Waals surface area contributed by atoms with E-state index in [0.29, 0.717) is 11.5 Å². The summed E-state index contributed by atoms with van der Waals surface area (Å²) in [5, 5.41) is 0. The van der Waals surface area contributed by atoms with E-state index in [9.17, 15) is 0 Å². The van der Waals surface area contributed by atoms with Crippen LogP contribution in [0.4, 0.5) is 0 Å². The van der Waals surface area contributed by atoms with Crippen LogP contribution in [0.25, 0.3) is 0 Å². The SMILES string of the molecule is CC1(C)CCC1N(CCN)Cc1ccccc1. The van der Waals surface area contributed by atoms with Crippen molar-refractivity contribution in [3.05, 3.63) is 35.9 Å². The van der Waals surface area contributed by atoms with Crippen LogP contribution in [0.3, 0.4) is 0 Å². The van der Waals surface area contributed by atoms with Crippen LogP contribution in [0.5, 0.6) is 0 Å². The third-order valence-electron chi connectivity index (χ3n) is 4.05. The molecule has 94 valence electrons. The maximum Gasteiger partial charge on any atom is 0.0237 e. The summed E-state index contributed by atoms with van der Waals surface area (Å²) in [7, 11) is 0. The first kappa shape index (κ1) is 12.6. The highest BCUT2D eigenvalue weighted by molar-refractivity contribution is 5.15. The van der Waals surface area contributed by atoms with Crippen LogP contribution in [0.15, 0.2) is 30.3 Å². The molecule has 1 aliphatic carbocycles. The molecule has 1 aromatic carbocycles. The van der Waals surface area contributed by atoms with Crippen LogP contribution < -0.4 is 5.73 Å². The molecule has 1 aromatic rings. The molecular weight excluding hydrogens is 208 g/mol. The van der Waals surface area contributed by atoms with Crippen LogP contribution in [0.2, 0.25) is 0 Å². The lowest BCUT2D eigenvalue weighted by Gasteiger charge is -2.50. The van der Waals surface area contributed by atoms with E-state index >= 15 is 0 Å². The zero-order valence-electron chi connectivity index (χ0n) is 11.0. The van der Waals surface area contributed by atoms with Crippen molar-refractivity contribution in [3.63, 3.8) is 0 Å². The number of benzene rings is 1. The minimum atomic E-state index is 0.462. The van der Waals surface area contributed by atoms with Crippen molar-refractivity contribution in [2.24, 2.45) is 11.1 Å². The second-order valence-electron chi connectivity index (χ2n) is 5.79. The maximum atomic E-state index is 5.75. The third-order valence-corrected chi connectivity index (χ3v) is 4.05. The average molecular weight is 232 g/mol. The van der Waals surface area contributed by atoms with E-state index in [1.807, 2.05) is 0 Å². The van der Waals surface area contributed by atoms with E-state index < -0.39 is 0 Å². The van der Waals surface area contributed by atoms with Gasteiger partial charge in [-0.25, -0.2) is 0 Å². The Kier molecular flexibility index (Phi) is 3.85. The van der Waals surface area contributed by atoms with Crippen LogP contribution in [0, 0.1) is 5.41 Å². The Morgan fingerprint density at radius 1 is 1.29 bits per heavy atom. The van der Waals surface area contributed by atoms with Crippen LogP contribution in [-0.4, -0.2) is 24.0 Å². The Hall–Kier alpha value is -0.860. The fourth-order valence-corrected chi connectivity index (χ4v) is 2.86. The van der Waals surface area contributed by atoms with Gasteiger partial charge in [0.05, 0.1) is 0 Å². The van der Waals surface area contributed by atoms with E-state index in [1.165, 1.54) is 18.4 Å². The lowest BCUT2D eigenvalue weighted by Crippen LogP contribution is -2.53. The molecule has 0 heterocycles. The molecule has 0 aromatic heterocycles. The third kappa shape index (κ3) is 2.88. The highest BCUT2D eigenvalue weighted by Crippen LogP contribution is 2.43. The molecule has 2 rings (SSSR count). The monoisotopic (exact) mass is 232 g/mol. The minimum absolute atomic E-state index is 0.462. The van der Waals surface area contributed by atoms with Gasteiger partial charge in [-0.05, 0) is 23.8 Å². The molecule has 1 saturated carbocycles. The van der Waals surface area contributed by atoms with Gasteiger partial charge in [0.1, 0.15) is 0 Å². The Labute approximate surface area is 105 Å². The van der Waals surface area contributed by atoms with Gasteiger partial charge in [0, 0.05) is 25.7 Å². The summed E-state index contributed by atoms with van der Waals surface area (Å²) in [6.45, 7) is 7.53. The minimum Gasteiger partial charge on any atom is -0.329 e. The van der Waals surface area contributed by atoms with Crippen LogP contribution >= 0.6 is 0 Å². The molecule has 2 N–H and O–H groups in total. The molecule has 17 heavy (non-hydrogen) atoms. The Balaban J connectivity index is 2.03. The largest absolute Gasteiger partial charge is 0.329 e. The zero-order chi connectivity index (χ0) is 12.3. The maximum absolute atomic E-state index is 5.75. The van der Waals surface area contributed by atoms with Crippen molar-refractivity contribution in [1.29, 1.82) is 0 Å². The molecule has 0 spiro atoms. The van der Waals surface area contributed by atoms with E-state index in [2.05, 4.69) is 49.1 Å². The molecule has 0 radical (unpaired) electrons. The highest BCUT2D eigenvalue weighted by Gasteiger charge is 2.41. The van der Waals surface area contributed by atoms with Gasteiger partial charge in [-0.1, -0.05) is 44.2 Å². The first-order valence-corrected chi connectivity index (χ1v) is 6.61. The quantitative estimate of drug-likeness (QED) is 0.845. The predicted octanol–water partition coefficient (Wildman–Crippen LogP) is 2.64. The fraction of sp³-hybridized carbons (Fsp3) is 0.600. The van der Waals surface area contributed by atoms with Gasteiger partial charge in [0.2, 0.25) is 0 Å². The van der Waals surface area contributed by atoms with Gasteiger partial charge in [0.25, 0.3) is 0 Å². The standard InChI is InChI=1S/C15H24N2/c1-15(2)9-8-14(15)17(11-10-16)12-13-6-4-3-5-7-13/h3-7,14H,8-12,16H2,1-2H3. The molecule has 1 aliphatic rings. The zero-order valence-corrected chi connectivity index (χ0v) is 11.0. The van der Waals surface area contributed by atoms with Gasteiger partial charge in [-0.2, -0.15) is 0 Å². The number of hydrogen-bond acceptors (Lipinski definition) is 2. The number of rotatable bonds is 5. The summed E-state index contributed by atoms with van der Waals surface area (Å²) in [6, 6.07) is 11.4. The second-order valence-corrected chi connectivity index (χ2v) is 5.79. The molecule has 0 bridgehead atoms. The first-order chi connectivity index (χ1) is 8.13. The fourth-order valence-electron chi connectivity index (χ4n) is 2.86. The molecular formula is C15H24N2. The number of nitrogens with zero attached hydrogens (tertiary/aromatic N) is 1. The van der Waals surface area contributed by atoms with Crippen molar-refractivity contribution in [1.82, 2.24) is 4.90 Å². The molecule has 0 amide bonds. The lowest BCUT2D eigenvalue weighted by atomic mass is 9.66. The number of nitrogens with two attached hydrogens (primary N) is 1. The highest BCUT2D eigenvalue weighted by atomic mass is 15.2. The summed E-state index contributed by atoms with van der Waals surface area (Å²) < 4.78 is 0. The van der Waals surface area contributed by atoms with E-state index in [-0.39, 0.29) is 0 Å². The summed E-state index contributed by atoms with van der Waals surface area (Å²) in [5.41, 5.74) is 7.60. The Bertz CT molecular complexity index is 345. The topological polar surface area (TPSA) is 29.3 Å². The molecule has 0 aliphatic heterocycles. The molecule has 1 unspecified atom stereocenters. The smallest absolute Gasteiger partial charge is 0.0237 e. The second kappa shape index (κ2) is 5.19. The molecule has 2 nitrogen and oxygen atoms in total. The number of hydrogen-bond donors (Lipinski definition) is 1. The van der Waals surface area contributed by atoms with E-state index in [0.717, 1.165) is 19.6 Å². The van der Waals surface area contributed by atoms with Gasteiger partial charge >= 0.3 is 0 Å². The van der Waals surface area contributed by atoms with Crippen molar-refractivity contribution in [2.75, 3.05) is 13.1 Å². The van der Waals surface area contributed by atoms with Gasteiger partial charge in [-0.3, -0.25) is 4.90 Å². The van der Waals surface area contributed by atoms with Crippen molar-refractivity contribution < 1.29 is 0 Å². The summed E-state index contributed by atoms with van der Waals surface area (Å²) in [6.07, 6.45) is 2.66. The molecule has 1 fully saturated rings. The summed E-state index contributed by atoms with van der Waals surface area (Å²) in [5.74, 6) is 0.